The van der Waals surface area contributed by atoms with Gasteiger partial charge >= 0.3 is 5.97 Å². The number of carbonyl (C=O) groups is 2. The standard InChI is InChI=1S/C19H15N3O3S/c1-25-19(24)12-3-2-4-15-13(12)9-14(17(23)21-15)16-10-26-18(22-16)11-5-7-20-8-6-11/h2-8,10,14H,9H2,1H3,(H,21,23)/t14-/m0/s1. The molecule has 7 heteroatoms. The molecule has 0 aliphatic carbocycles. The minimum atomic E-state index is -0.444. The van der Waals surface area contributed by atoms with E-state index in [-0.39, 0.29) is 5.91 Å². The first kappa shape index (κ1) is 16.4. The van der Waals surface area contributed by atoms with E-state index in [9.17, 15) is 9.59 Å². The van der Waals surface area contributed by atoms with Gasteiger partial charge in [0.05, 0.1) is 24.3 Å². The number of ether oxygens (including phenoxy) is 1. The average molecular weight is 365 g/mol. The summed E-state index contributed by atoms with van der Waals surface area (Å²) >= 11 is 1.48. The first-order valence-corrected chi connectivity index (χ1v) is 8.92. The number of methoxy groups -OCH3 is 1. The van der Waals surface area contributed by atoms with Crippen molar-refractivity contribution in [2.75, 3.05) is 12.4 Å². The fourth-order valence-corrected chi connectivity index (χ4v) is 3.93. The number of nitrogens with one attached hydrogen (secondary N) is 1. The van der Waals surface area contributed by atoms with Crippen molar-refractivity contribution in [2.24, 2.45) is 0 Å². The SMILES string of the molecule is COC(=O)c1cccc2c1C[C@@H](c1csc(-c3ccncc3)n1)C(=O)N2. The summed E-state index contributed by atoms with van der Waals surface area (Å²) in [5.74, 6) is -0.973. The van der Waals surface area contributed by atoms with E-state index >= 15 is 0 Å². The van der Waals surface area contributed by atoms with E-state index in [1.54, 1.807) is 30.6 Å². The molecule has 1 N–H and O–H groups in total. The molecule has 1 aliphatic rings. The van der Waals surface area contributed by atoms with Crippen molar-refractivity contribution in [3.63, 3.8) is 0 Å². The topological polar surface area (TPSA) is 81.2 Å². The number of esters is 1. The van der Waals surface area contributed by atoms with E-state index in [1.807, 2.05) is 17.5 Å². The summed E-state index contributed by atoms with van der Waals surface area (Å²) in [6, 6.07) is 9.00. The zero-order valence-electron chi connectivity index (χ0n) is 13.9. The maximum Gasteiger partial charge on any atom is 0.338 e. The third-order valence-corrected chi connectivity index (χ3v) is 5.28. The van der Waals surface area contributed by atoms with Gasteiger partial charge < -0.3 is 10.1 Å². The quantitative estimate of drug-likeness (QED) is 0.721. The van der Waals surface area contributed by atoms with E-state index in [1.165, 1.54) is 18.4 Å². The predicted octanol–water partition coefficient (Wildman–Crippen LogP) is 3.27. The molecule has 4 rings (SSSR count). The predicted molar refractivity (Wildman–Crippen MR) is 98.2 cm³/mol. The number of fused-ring (bicyclic) bond motifs is 1. The fraction of sp³-hybridized carbons (Fsp3) is 0.158. The van der Waals surface area contributed by atoms with Crippen LogP contribution in [0.3, 0.4) is 0 Å². The van der Waals surface area contributed by atoms with Gasteiger partial charge in [-0.25, -0.2) is 9.78 Å². The number of benzene rings is 1. The first-order valence-electron chi connectivity index (χ1n) is 8.04. The third kappa shape index (κ3) is 2.86. The number of carbonyl (C=O) groups excluding carboxylic acids is 2. The maximum absolute atomic E-state index is 12.6. The molecule has 130 valence electrons. The molecule has 1 atom stereocenters. The molecule has 0 saturated carbocycles. The molecule has 26 heavy (non-hydrogen) atoms. The summed E-state index contributed by atoms with van der Waals surface area (Å²) in [7, 11) is 1.35. The molecule has 0 spiro atoms. The minimum absolute atomic E-state index is 0.119. The molecule has 1 aliphatic heterocycles. The summed E-state index contributed by atoms with van der Waals surface area (Å²) in [4.78, 5) is 33.3. The zero-order chi connectivity index (χ0) is 18.1. The van der Waals surface area contributed by atoms with Crippen LogP contribution in [0.5, 0.6) is 0 Å². The molecule has 3 heterocycles. The van der Waals surface area contributed by atoms with Gasteiger partial charge in [0.1, 0.15) is 5.01 Å². The molecular formula is C19H15N3O3S. The van der Waals surface area contributed by atoms with Crippen LogP contribution in [0, 0.1) is 0 Å². The highest BCUT2D eigenvalue weighted by Gasteiger charge is 2.32. The van der Waals surface area contributed by atoms with Crippen LogP contribution >= 0.6 is 11.3 Å². The second-order valence-electron chi connectivity index (χ2n) is 5.88. The van der Waals surface area contributed by atoms with Gasteiger partial charge in [0.15, 0.2) is 0 Å². The summed E-state index contributed by atoms with van der Waals surface area (Å²) < 4.78 is 4.86. The highest BCUT2D eigenvalue weighted by atomic mass is 32.1. The lowest BCUT2D eigenvalue weighted by Gasteiger charge is -2.25. The molecule has 0 radical (unpaired) electrons. The highest BCUT2D eigenvalue weighted by molar-refractivity contribution is 7.13. The first-order chi connectivity index (χ1) is 12.7. The van der Waals surface area contributed by atoms with Gasteiger partial charge in [-0.3, -0.25) is 9.78 Å². The number of rotatable bonds is 3. The summed E-state index contributed by atoms with van der Waals surface area (Å²) in [5, 5.41) is 5.61. The maximum atomic E-state index is 12.6. The van der Waals surface area contributed by atoms with Crippen LogP contribution in [0.2, 0.25) is 0 Å². The smallest absolute Gasteiger partial charge is 0.338 e. The molecule has 3 aromatic rings. The Hall–Kier alpha value is -3.06. The average Bonchev–Trinajstić information content (AvgIpc) is 3.17. The van der Waals surface area contributed by atoms with Crippen LogP contribution in [0.4, 0.5) is 5.69 Å². The molecular weight excluding hydrogens is 350 g/mol. The number of hydrogen-bond acceptors (Lipinski definition) is 6. The summed E-state index contributed by atoms with van der Waals surface area (Å²) in [6.07, 6.45) is 3.83. The molecule has 0 saturated heterocycles. The lowest BCUT2D eigenvalue weighted by atomic mass is 9.88. The Labute approximate surface area is 153 Å². The van der Waals surface area contributed by atoms with Crippen molar-refractivity contribution >= 4 is 28.9 Å². The zero-order valence-corrected chi connectivity index (χ0v) is 14.7. The summed E-state index contributed by atoms with van der Waals surface area (Å²) in [5.41, 5.74) is 3.56. The molecule has 2 aromatic heterocycles. The number of anilines is 1. The number of pyridine rings is 1. The Kier molecular flexibility index (Phi) is 4.22. The van der Waals surface area contributed by atoms with E-state index in [0.717, 1.165) is 16.1 Å². The van der Waals surface area contributed by atoms with Gasteiger partial charge in [-0.2, -0.15) is 0 Å². The Balaban J connectivity index is 1.69. The fourth-order valence-electron chi connectivity index (χ4n) is 3.05. The largest absolute Gasteiger partial charge is 0.465 e. The lowest BCUT2D eigenvalue weighted by molar-refractivity contribution is -0.117. The second-order valence-corrected chi connectivity index (χ2v) is 6.74. The van der Waals surface area contributed by atoms with Crippen LogP contribution in [-0.4, -0.2) is 29.0 Å². The second kappa shape index (κ2) is 6.68. The molecule has 1 aromatic carbocycles. The van der Waals surface area contributed by atoms with Gasteiger partial charge in [0.2, 0.25) is 5.91 Å². The van der Waals surface area contributed by atoms with Crippen molar-refractivity contribution in [1.29, 1.82) is 0 Å². The Bertz CT molecular complexity index is 985. The molecule has 6 nitrogen and oxygen atoms in total. The van der Waals surface area contributed by atoms with Crippen molar-refractivity contribution in [3.05, 3.63) is 64.9 Å². The van der Waals surface area contributed by atoms with Gasteiger partial charge in [-0.15, -0.1) is 11.3 Å². The van der Waals surface area contributed by atoms with E-state index in [4.69, 9.17) is 4.74 Å². The Morgan fingerprint density at radius 3 is 2.85 bits per heavy atom. The van der Waals surface area contributed by atoms with Crippen molar-refractivity contribution < 1.29 is 14.3 Å². The van der Waals surface area contributed by atoms with Crippen LogP contribution in [0.15, 0.2) is 48.1 Å². The monoisotopic (exact) mass is 365 g/mol. The van der Waals surface area contributed by atoms with Crippen LogP contribution in [0.25, 0.3) is 10.6 Å². The normalized spacial score (nSPS) is 15.9. The molecule has 0 bridgehead atoms. The highest BCUT2D eigenvalue weighted by Crippen LogP contribution is 2.35. The van der Waals surface area contributed by atoms with Gasteiger partial charge in [0.25, 0.3) is 0 Å². The number of amides is 1. The number of hydrogen-bond donors (Lipinski definition) is 1. The minimum Gasteiger partial charge on any atom is -0.465 e. The molecule has 0 unspecified atom stereocenters. The lowest BCUT2D eigenvalue weighted by Crippen LogP contribution is -2.29. The van der Waals surface area contributed by atoms with Crippen LogP contribution < -0.4 is 5.32 Å². The number of thiazole rings is 1. The van der Waals surface area contributed by atoms with Crippen molar-refractivity contribution in [3.8, 4) is 10.6 Å². The van der Waals surface area contributed by atoms with Crippen LogP contribution in [0.1, 0.15) is 27.5 Å². The van der Waals surface area contributed by atoms with Crippen molar-refractivity contribution in [1.82, 2.24) is 9.97 Å². The Morgan fingerprint density at radius 2 is 2.08 bits per heavy atom. The molecule has 1 amide bonds. The van der Waals surface area contributed by atoms with E-state index in [2.05, 4.69) is 15.3 Å². The third-order valence-electron chi connectivity index (χ3n) is 4.37. The van der Waals surface area contributed by atoms with E-state index < -0.39 is 11.9 Å². The number of nitrogens with zero attached hydrogens (tertiary/aromatic N) is 2. The number of aromatic nitrogens is 2. The van der Waals surface area contributed by atoms with Gasteiger partial charge in [-0.05, 0) is 36.2 Å². The Morgan fingerprint density at radius 1 is 1.27 bits per heavy atom. The van der Waals surface area contributed by atoms with Crippen molar-refractivity contribution in [2.45, 2.75) is 12.3 Å². The van der Waals surface area contributed by atoms with Gasteiger partial charge in [-0.1, -0.05) is 6.07 Å². The van der Waals surface area contributed by atoms with E-state index in [0.29, 0.717) is 23.4 Å². The van der Waals surface area contributed by atoms with Crippen LogP contribution in [-0.2, 0) is 16.0 Å². The summed E-state index contributed by atoms with van der Waals surface area (Å²) in [6.45, 7) is 0. The van der Waals surface area contributed by atoms with Gasteiger partial charge in [0, 0.05) is 29.0 Å². The molecule has 0 fully saturated rings.